The Hall–Kier alpha value is -1.80. The van der Waals surface area contributed by atoms with Crippen molar-refractivity contribution in [1.29, 1.82) is 0 Å². The molecule has 2 aromatic carbocycles. The maximum Gasteiger partial charge on any atom is 0.118 e. The molecule has 0 amide bonds. The van der Waals surface area contributed by atoms with Crippen LogP contribution < -0.4 is 0 Å². The molecule has 2 fully saturated rings. The van der Waals surface area contributed by atoms with Gasteiger partial charge in [0.2, 0.25) is 0 Å². The monoisotopic (exact) mass is 382 g/mol. The summed E-state index contributed by atoms with van der Waals surface area (Å²) in [4.78, 5) is 0. The van der Waals surface area contributed by atoms with Crippen molar-refractivity contribution in [3.63, 3.8) is 0 Å². The number of aliphatic hydroxyl groups excluding tert-OH is 1. The van der Waals surface area contributed by atoms with Crippen molar-refractivity contribution >= 4 is 0 Å². The lowest BCUT2D eigenvalue weighted by atomic mass is 9.90. The van der Waals surface area contributed by atoms with E-state index in [0.717, 1.165) is 35.7 Å². The minimum absolute atomic E-state index is 0.107. The standard InChI is InChI=1S/C10H12O.C7H8O.C7H12.C2H6/c11-10-6-5-8-3-1-2-4-9(8)7-10;1-6-4-2-3-5-7(6)8;1-6(2)5-7(6)3-4-7;1-2/h1-4,10-11H,5-7H2;2-5,8H,1H3;3-5H2,1-2H3;1-2H3. The first-order chi connectivity index (χ1) is 13.3. The Morgan fingerprint density at radius 3 is 1.86 bits per heavy atom. The molecule has 2 heteroatoms. The molecule has 5 rings (SSSR count). The average molecular weight is 383 g/mol. The van der Waals surface area contributed by atoms with E-state index in [-0.39, 0.29) is 6.10 Å². The Morgan fingerprint density at radius 1 is 0.893 bits per heavy atom. The van der Waals surface area contributed by atoms with Crippen LogP contribution >= 0.6 is 0 Å². The Morgan fingerprint density at radius 2 is 1.43 bits per heavy atom. The van der Waals surface area contributed by atoms with Crippen molar-refractivity contribution in [2.24, 2.45) is 10.8 Å². The van der Waals surface area contributed by atoms with Crippen LogP contribution in [0.5, 0.6) is 5.75 Å². The summed E-state index contributed by atoms with van der Waals surface area (Å²) in [5.74, 6) is 0.368. The smallest absolute Gasteiger partial charge is 0.118 e. The fourth-order valence-corrected chi connectivity index (χ4v) is 4.05. The molecule has 2 nitrogen and oxygen atoms in total. The van der Waals surface area contributed by atoms with E-state index in [1.165, 1.54) is 30.4 Å². The van der Waals surface area contributed by atoms with Gasteiger partial charge in [-0.2, -0.15) is 0 Å². The van der Waals surface area contributed by atoms with Crippen LogP contribution in [-0.2, 0) is 12.8 Å². The van der Waals surface area contributed by atoms with Gasteiger partial charge in [0.15, 0.2) is 0 Å². The lowest BCUT2D eigenvalue weighted by molar-refractivity contribution is 0.158. The molecule has 28 heavy (non-hydrogen) atoms. The molecule has 1 unspecified atom stereocenters. The van der Waals surface area contributed by atoms with Crippen molar-refractivity contribution in [1.82, 2.24) is 0 Å². The Bertz CT molecular complexity index is 721. The van der Waals surface area contributed by atoms with E-state index in [1.54, 1.807) is 6.07 Å². The molecule has 2 aromatic rings. The molecule has 154 valence electrons. The maximum atomic E-state index is 9.36. The number of phenols is 1. The third-order valence-electron chi connectivity index (χ3n) is 6.38. The number of fused-ring (bicyclic) bond motifs is 1. The second kappa shape index (κ2) is 9.60. The minimum Gasteiger partial charge on any atom is -0.508 e. The van der Waals surface area contributed by atoms with E-state index in [0.29, 0.717) is 5.75 Å². The summed E-state index contributed by atoms with van der Waals surface area (Å²) in [6, 6.07) is 15.6. The van der Waals surface area contributed by atoms with Crippen LogP contribution in [0.1, 0.15) is 70.1 Å². The van der Waals surface area contributed by atoms with Gasteiger partial charge in [-0.25, -0.2) is 0 Å². The van der Waals surface area contributed by atoms with Crippen LogP contribution in [0.4, 0.5) is 0 Å². The molecule has 1 atom stereocenters. The van der Waals surface area contributed by atoms with Gasteiger partial charge >= 0.3 is 0 Å². The highest BCUT2D eigenvalue weighted by Gasteiger charge is 2.68. The molecule has 0 aliphatic heterocycles. The van der Waals surface area contributed by atoms with Crippen molar-refractivity contribution in [3.8, 4) is 5.75 Å². The molecule has 2 saturated carbocycles. The zero-order valence-corrected chi connectivity index (χ0v) is 18.3. The van der Waals surface area contributed by atoms with E-state index in [1.807, 2.05) is 45.0 Å². The Kier molecular flexibility index (Phi) is 7.71. The fourth-order valence-electron chi connectivity index (χ4n) is 4.05. The Balaban J connectivity index is 0.000000147. The molecule has 2 N–H and O–H groups in total. The van der Waals surface area contributed by atoms with Crippen LogP contribution in [0.15, 0.2) is 48.5 Å². The average Bonchev–Trinajstić information content (AvgIpc) is 3.58. The number of aryl methyl sites for hydroxylation is 2. The predicted octanol–water partition coefficient (Wildman–Crippen LogP) is 6.46. The number of phenolic OH excluding ortho intramolecular Hbond substituents is 1. The van der Waals surface area contributed by atoms with Crippen molar-refractivity contribution in [2.75, 3.05) is 0 Å². The lowest BCUT2D eigenvalue weighted by Crippen LogP contribution is -2.18. The number of hydrogen-bond acceptors (Lipinski definition) is 2. The predicted molar refractivity (Wildman–Crippen MR) is 119 cm³/mol. The number of rotatable bonds is 0. The van der Waals surface area contributed by atoms with Crippen molar-refractivity contribution in [2.45, 2.75) is 79.2 Å². The normalized spacial score (nSPS) is 21.4. The summed E-state index contributed by atoms with van der Waals surface area (Å²) in [6.07, 6.45) is 7.27. The number of hydrogen-bond donors (Lipinski definition) is 2. The summed E-state index contributed by atoms with van der Waals surface area (Å²) in [7, 11) is 0. The van der Waals surface area contributed by atoms with Crippen molar-refractivity contribution in [3.05, 3.63) is 65.2 Å². The van der Waals surface area contributed by atoms with Gasteiger partial charge in [0.05, 0.1) is 6.10 Å². The quantitative estimate of drug-likeness (QED) is 0.549. The minimum atomic E-state index is -0.107. The molecular formula is C26H38O2. The highest BCUT2D eigenvalue weighted by atomic mass is 16.3. The molecule has 0 radical (unpaired) electrons. The summed E-state index contributed by atoms with van der Waals surface area (Å²) in [5.41, 5.74) is 5.32. The van der Waals surface area contributed by atoms with Crippen LogP contribution in [-0.4, -0.2) is 16.3 Å². The topological polar surface area (TPSA) is 40.5 Å². The van der Waals surface area contributed by atoms with E-state index < -0.39 is 0 Å². The van der Waals surface area contributed by atoms with Crippen LogP contribution in [0, 0.1) is 17.8 Å². The first-order valence-corrected chi connectivity index (χ1v) is 10.8. The van der Waals surface area contributed by atoms with Gasteiger partial charge in [-0.1, -0.05) is 70.2 Å². The lowest BCUT2D eigenvalue weighted by Gasteiger charge is -2.19. The van der Waals surface area contributed by atoms with Crippen LogP contribution in [0.25, 0.3) is 0 Å². The van der Waals surface area contributed by atoms with E-state index in [2.05, 4.69) is 32.0 Å². The van der Waals surface area contributed by atoms with E-state index >= 15 is 0 Å². The largest absolute Gasteiger partial charge is 0.508 e. The summed E-state index contributed by atoms with van der Waals surface area (Å²) < 4.78 is 0. The molecule has 0 saturated heterocycles. The SMILES string of the molecule is CC.CC1(C)CC12CC2.Cc1ccccc1O.OC1CCc2ccccc2C1. The number of benzene rings is 2. The fraction of sp³-hybridized carbons (Fsp3) is 0.538. The van der Waals surface area contributed by atoms with Gasteiger partial charge in [-0.15, -0.1) is 0 Å². The maximum absolute atomic E-state index is 9.36. The molecule has 3 aliphatic carbocycles. The van der Waals surface area contributed by atoms with Gasteiger partial charge in [0.1, 0.15) is 5.75 Å². The third kappa shape index (κ3) is 5.85. The number of aromatic hydroxyl groups is 1. The van der Waals surface area contributed by atoms with Gasteiger partial charge in [0, 0.05) is 0 Å². The van der Waals surface area contributed by atoms with Gasteiger partial charge in [-0.3, -0.25) is 0 Å². The van der Waals surface area contributed by atoms with E-state index in [4.69, 9.17) is 5.11 Å². The van der Waals surface area contributed by atoms with Gasteiger partial charge in [0.25, 0.3) is 0 Å². The molecular weight excluding hydrogens is 344 g/mol. The second-order valence-electron chi connectivity index (χ2n) is 8.79. The molecule has 0 bridgehead atoms. The molecule has 1 spiro atoms. The second-order valence-corrected chi connectivity index (χ2v) is 8.79. The Labute approximate surface area is 171 Å². The molecule has 0 heterocycles. The molecule has 0 aromatic heterocycles. The summed E-state index contributed by atoms with van der Waals surface area (Å²) >= 11 is 0. The molecule has 3 aliphatic rings. The summed E-state index contributed by atoms with van der Waals surface area (Å²) in [5, 5.41) is 18.3. The zero-order valence-electron chi connectivity index (χ0n) is 18.3. The highest BCUT2D eigenvalue weighted by molar-refractivity contribution is 5.30. The van der Waals surface area contributed by atoms with Gasteiger partial charge in [-0.05, 0) is 79.0 Å². The number of para-hydroxylation sites is 1. The van der Waals surface area contributed by atoms with Crippen LogP contribution in [0.2, 0.25) is 0 Å². The zero-order chi connectivity index (χ0) is 20.8. The first-order valence-electron chi connectivity index (χ1n) is 10.8. The summed E-state index contributed by atoms with van der Waals surface area (Å²) in [6.45, 7) is 10.6. The first kappa shape index (κ1) is 22.5. The highest BCUT2D eigenvalue weighted by Crippen LogP contribution is 2.78. The third-order valence-corrected chi connectivity index (χ3v) is 6.38. The van der Waals surface area contributed by atoms with Gasteiger partial charge < -0.3 is 10.2 Å². The van der Waals surface area contributed by atoms with E-state index in [9.17, 15) is 5.11 Å². The van der Waals surface area contributed by atoms with Crippen molar-refractivity contribution < 1.29 is 10.2 Å². The van der Waals surface area contributed by atoms with Crippen LogP contribution in [0.3, 0.4) is 0 Å². The number of aliphatic hydroxyl groups is 1.